The number of anilines is 1. The van der Waals surface area contributed by atoms with Crippen LogP contribution in [0.2, 0.25) is 0 Å². The molecule has 1 aromatic carbocycles. The van der Waals surface area contributed by atoms with Gasteiger partial charge in [0.15, 0.2) is 5.16 Å². The van der Waals surface area contributed by atoms with E-state index in [1.54, 1.807) is 15.8 Å². The van der Waals surface area contributed by atoms with E-state index in [4.69, 9.17) is 0 Å². The van der Waals surface area contributed by atoms with E-state index in [0.29, 0.717) is 29.7 Å². The summed E-state index contributed by atoms with van der Waals surface area (Å²) in [7, 11) is 0. The summed E-state index contributed by atoms with van der Waals surface area (Å²) in [6.45, 7) is 6.78. The van der Waals surface area contributed by atoms with Gasteiger partial charge in [0.25, 0.3) is 0 Å². The molecule has 0 aliphatic rings. The Hall–Kier alpha value is -2.35. The van der Waals surface area contributed by atoms with Crippen molar-refractivity contribution in [2.45, 2.75) is 25.9 Å². The minimum Gasteiger partial charge on any atom is -0.343 e. The van der Waals surface area contributed by atoms with Crippen LogP contribution in [-0.2, 0) is 9.59 Å². The standard InChI is InChI=1S/C16H21N5O2S/c1-4-20(5-2)15(23)10-24-16-19-17-11-21(16)14-8-6-7-13(9-14)18-12(3)22/h6-9,11H,4-5,10H2,1-3H3,(H,18,22). The number of amides is 2. The number of carbonyl (C=O) groups is 2. The first-order valence-corrected chi connectivity index (χ1v) is 8.72. The fraction of sp³-hybridized carbons (Fsp3) is 0.375. The van der Waals surface area contributed by atoms with Crippen LogP contribution in [0.3, 0.4) is 0 Å². The van der Waals surface area contributed by atoms with Gasteiger partial charge in [-0.1, -0.05) is 17.8 Å². The summed E-state index contributed by atoms with van der Waals surface area (Å²) in [5.74, 6) is 0.257. The van der Waals surface area contributed by atoms with Gasteiger partial charge < -0.3 is 10.2 Å². The molecule has 128 valence electrons. The van der Waals surface area contributed by atoms with E-state index in [1.165, 1.54) is 18.7 Å². The molecule has 2 rings (SSSR count). The maximum absolute atomic E-state index is 12.1. The van der Waals surface area contributed by atoms with Crippen LogP contribution in [0.15, 0.2) is 35.7 Å². The Morgan fingerprint density at radius 1 is 1.29 bits per heavy atom. The maximum Gasteiger partial charge on any atom is 0.233 e. The number of nitrogens with one attached hydrogen (secondary N) is 1. The summed E-state index contributed by atoms with van der Waals surface area (Å²) in [6.07, 6.45) is 1.59. The fourth-order valence-corrected chi connectivity index (χ4v) is 3.06. The molecule has 0 aliphatic carbocycles. The number of rotatable bonds is 7. The molecular weight excluding hydrogens is 326 g/mol. The van der Waals surface area contributed by atoms with E-state index in [1.807, 2.05) is 38.1 Å². The first kappa shape index (κ1) is 18.0. The Kier molecular flexibility index (Phi) is 6.36. The average molecular weight is 347 g/mol. The highest BCUT2D eigenvalue weighted by molar-refractivity contribution is 7.99. The van der Waals surface area contributed by atoms with E-state index in [-0.39, 0.29) is 11.8 Å². The van der Waals surface area contributed by atoms with Gasteiger partial charge in [-0.25, -0.2) is 0 Å². The lowest BCUT2D eigenvalue weighted by atomic mass is 10.2. The van der Waals surface area contributed by atoms with Crippen molar-refractivity contribution in [1.29, 1.82) is 0 Å². The zero-order chi connectivity index (χ0) is 17.5. The largest absolute Gasteiger partial charge is 0.343 e. The molecule has 1 heterocycles. The minimum absolute atomic E-state index is 0.0755. The SMILES string of the molecule is CCN(CC)C(=O)CSc1nncn1-c1cccc(NC(C)=O)c1. The summed E-state index contributed by atoms with van der Waals surface area (Å²) in [5.41, 5.74) is 1.52. The van der Waals surface area contributed by atoms with Crippen LogP contribution in [0.5, 0.6) is 0 Å². The van der Waals surface area contributed by atoms with Gasteiger partial charge in [0.05, 0.1) is 11.4 Å². The highest BCUT2D eigenvalue weighted by atomic mass is 32.2. The van der Waals surface area contributed by atoms with Crippen molar-refractivity contribution in [1.82, 2.24) is 19.7 Å². The van der Waals surface area contributed by atoms with Gasteiger partial charge in [-0.05, 0) is 32.0 Å². The lowest BCUT2D eigenvalue weighted by molar-refractivity contribution is -0.128. The van der Waals surface area contributed by atoms with Crippen LogP contribution in [0.25, 0.3) is 5.69 Å². The van der Waals surface area contributed by atoms with Crippen LogP contribution in [-0.4, -0.2) is 50.3 Å². The molecule has 2 aromatic rings. The zero-order valence-corrected chi connectivity index (χ0v) is 14.8. The minimum atomic E-state index is -0.129. The second-order valence-corrected chi connectivity index (χ2v) is 6.01. The van der Waals surface area contributed by atoms with Crippen molar-refractivity contribution in [3.05, 3.63) is 30.6 Å². The molecule has 1 N–H and O–H groups in total. The van der Waals surface area contributed by atoms with Crippen LogP contribution < -0.4 is 5.32 Å². The molecule has 0 fully saturated rings. The van der Waals surface area contributed by atoms with E-state index < -0.39 is 0 Å². The molecule has 7 nitrogen and oxygen atoms in total. The molecule has 8 heteroatoms. The number of hydrogen-bond acceptors (Lipinski definition) is 5. The molecule has 0 unspecified atom stereocenters. The first-order valence-electron chi connectivity index (χ1n) is 7.73. The molecule has 24 heavy (non-hydrogen) atoms. The molecule has 0 saturated carbocycles. The van der Waals surface area contributed by atoms with Gasteiger partial charge in [0, 0.05) is 25.7 Å². The van der Waals surface area contributed by atoms with Gasteiger partial charge >= 0.3 is 0 Å². The highest BCUT2D eigenvalue weighted by Gasteiger charge is 2.14. The number of carbonyl (C=O) groups excluding carboxylic acids is 2. The predicted octanol–water partition coefficient (Wildman–Crippen LogP) is 2.19. The van der Waals surface area contributed by atoms with Crippen LogP contribution in [0.1, 0.15) is 20.8 Å². The van der Waals surface area contributed by atoms with E-state index in [9.17, 15) is 9.59 Å². The summed E-state index contributed by atoms with van der Waals surface area (Å²) < 4.78 is 1.80. The second-order valence-electron chi connectivity index (χ2n) is 5.07. The molecule has 0 radical (unpaired) electrons. The van der Waals surface area contributed by atoms with E-state index in [0.717, 1.165) is 5.69 Å². The number of thioether (sulfide) groups is 1. The van der Waals surface area contributed by atoms with Crippen molar-refractivity contribution >= 4 is 29.3 Å². The lowest BCUT2D eigenvalue weighted by Gasteiger charge is -2.18. The van der Waals surface area contributed by atoms with Gasteiger partial charge in [0.2, 0.25) is 11.8 Å². The summed E-state index contributed by atoms with van der Waals surface area (Å²) >= 11 is 1.35. The van der Waals surface area contributed by atoms with Gasteiger partial charge in [-0.15, -0.1) is 10.2 Å². The number of aromatic nitrogens is 3. The summed E-state index contributed by atoms with van der Waals surface area (Å²) in [6, 6.07) is 7.38. The van der Waals surface area contributed by atoms with E-state index >= 15 is 0 Å². The number of hydrogen-bond donors (Lipinski definition) is 1. The Morgan fingerprint density at radius 2 is 2.04 bits per heavy atom. The molecule has 0 saturated heterocycles. The average Bonchev–Trinajstić information content (AvgIpc) is 3.02. The zero-order valence-electron chi connectivity index (χ0n) is 14.0. The van der Waals surface area contributed by atoms with Gasteiger partial charge in [-0.3, -0.25) is 14.2 Å². The number of benzene rings is 1. The summed E-state index contributed by atoms with van der Waals surface area (Å²) in [5, 5.41) is 11.4. The number of nitrogens with zero attached hydrogens (tertiary/aromatic N) is 4. The van der Waals surface area contributed by atoms with Crippen LogP contribution in [0, 0.1) is 0 Å². The Bertz CT molecular complexity index is 712. The molecular formula is C16H21N5O2S. The fourth-order valence-electron chi connectivity index (χ4n) is 2.23. The van der Waals surface area contributed by atoms with Gasteiger partial charge in [-0.2, -0.15) is 0 Å². The molecule has 0 bridgehead atoms. The van der Waals surface area contributed by atoms with Crippen molar-refractivity contribution in [3.8, 4) is 5.69 Å². The van der Waals surface area contributed by atoms with Gasteiger partial charge in [0.1, 0.15) is 6.33 Å². The molecule has 0 aliphatic heterocycles. The van der Waals surface area contributed by atoms with E-state index in [2.05, 4.69) is 15.5 Å². The molecule has 1 aromatic heterocycles. The normalized spacial score (nSPS) is 10.5. The first-order chi connectivity index (χ1) is 11.5. The smallest absolute Gasteiger partial charge is 0.233 e. The monoisotopic (exact) mass is 347 g/mol. The van der Waals surface area contributed by atoms with Crippen molar-refractivity contribution in [2.75, 3.05) is 24.2 Å². The van der Waals surface area contributed by atoms with Crippen molar-refractivity contribution < 1.29 is 9.59 Å². The third kappa shape index (κ3) is 4.58. The predicted molar refractivity (Wildman–Crippen MR) is 94.3 cm³/mol. The second kappa shape index (κ2) is 8.49. The molecule has 0 spiro atoms. The lowest BCUT2D eigenvalue weighted by Crippen LogP contribution is -2.31. The quantitative estimate of drug-likeness (QED) is 0.777. The van der Waals surface area contributed by atoms with Crippen LogP contribution in [0.4, 0.5) is 5.69 Å². The molecule has 0 atom stereocenters. The Morgan fingerprint density at radius 3 is 2.71 bits per heavy atom. The highest BCUT2D eigenvalue weighted by Crippen LogP contribution is 2.22. The maximum atomic E-state index is 12.1. The summed E-state index contributed by atoms with van der Waals surface area (Å²) in [4.78, 5) is 25.1. The molecule has 2 amide bonds. The van der Waals surface area contributed by atoms with Crippen LogP contribution >= 0.6 is 11.8 Å². The van der Waals surface area contributed by atoms with Crippen molar-refractivity contribution in [3.63, 3.8) is 0 Å². The Labute approximate surface area is 145 Å². The third-order valence-electron chi connectivity index (χ3n) is 3.40. The topological polar surface area (TPSA) is 80.1 Å². The Balaban J connectivity index is 2.13. The van der Waals surface area contributed by atoms with Crippen molar-refractivity contribution in [2.24, 2.45) is 0 Å². The third-order valence-corrected chi connectivity index (χ3v) is 4.33.